The van der Waals surface area contributed by atoms with Crippen LogP contribution in [0.5, 0.6) is 0 Å². The number of hydrogen-bond donors (Lipinski definition) is 0. The molecule has 2 atom stereocenters. The van der Waals surface area contributed by atoms with Crippen LogP contribution in [0.4, 0.5) is 0 Å². The van der Waals surface area contributed by atoms with E-state index in [4.69, 9.17) is 15.6 Å². The molecule has 0 aliphatic heterocycles. The molecule has 0 aromatic heterocycles. The third-order valence-corrected chi connectivity index (χ3v) is 16.4. The molecule has 0 rings (SSSR count). The molecule has 0 aromatic rings. The van der Waals surface area contributed by atoms with Crippen molar-refractivity contribution >= 4 is 43.1 Å². The number of carbonyl (C=O) groups is 4. The van der Waals surface area contributed by atoms with Gasteiger partial charge in [-0.2, -0.15) is 0 Å². The van der Waals surface area contributed by atoms with Crippen molar-refractivity contribution in [2.75, 3.05) is 13.2 Å². The average molecular weight is 716 g/mol. The van der Waals surface area contributed by atoms with Gasteiger partial charge in [0.1, 0.15) is 0 Å². The zero-order valence-corrected chi connectivity index (χ0v) is 31.6. The van der Waals surface area contributed by atoms with Crippen LogP contribution in [0, 0.1) is 22.7 Å². The molecule has 0 bridgehead atoms. The molecule has 0 saturated heterocycles. The molecule has 0 unspecified atom stereocenters. The second-order valence-electron chi connectivity index (χ2n) is 14.3. The van der Waals surface area contributed by atoms with E-state index in [0.29, 0.717) is 20.7 Å². The molecule has 0 aliphatic carbocycles. The van der Waals surface area contributed by atoms with Crippen LogP contribution in [0.3, 0.4) is 0 Å². The van der Waals surface area contributed by atoms with E-state index in [2.05, 4.69) is 55.4 Å². The van der Waals surface area contributed by atoms with Crippen LogP contribution in [0.1, 0.15) is 121 Å². The zero-order valence-electron chi connectivity index (χ0n) is 28.7. The topological polar surface area (TPSA) is 105 Å². The van der Waals surface area contributed by atoms with Crippen molar-refractivity contribution in [3.8, 4) is 0 Å². The van der Waals surface area contributed by atoms with Crippen molar-refractivity contribution in [2.45, 2.75) is 129 Å². The molecule has 8 nitrogen and oxygen atoms in total. The van der Waals surface area contributed by atoms with E-state index in [9.17, 15) is 19.2 Å². The van der Waals surface area contributed by atoms with Gasteiger partial charge in [-0.25, -0.2) is 0 Å². The second kappa shape index (κ2) is 21.0. The SMILES string of the molecule is CCC[CH2][Sn]([CH2]CCC)([O]C(=O)/C=C/C(=O)OCC[C@@H](C)CC(C)(C)C)[O]C(=O)/C=C/C(=O)OCC[C@@H](C)CC(C)(C)C. The summed E-state index contributed by atoms with van der Waals surface area (Å²) in [5.74, 6) is -1.87. The molecular weight excluding hydrogens is 655 g/mol. The van der Waals surface area contributed by atoms with Gasteiger partial charge in [0.05, 0.1) is 0 Å². The van der Waals surface area contributed by atoms with Gasteiger partial charge in [0.2, 0.25) is 0 Å². The summed E-state index contributed by atoms with van der Waals surface area (Å²) in [6.45, 7) is 21.9. The van der Waals surface area contributed by atoms with Gasteiger partial charge >= 0.3 is 268 Å². The summed E-state index contributed by atoms with van der Waals surface area (Å²) in [5, 5.41) is 0. The van der Waals surface area contributed by atoms with Gasteiger partial charge < -0.3 is 0 Å². The Labute approximate surface area is 266 Å². The predicted molar refractivity (Wildman–Crippen MR) is 173 cm³/mol. The zero-order chi connectivity index (χ0) is 33.1. The quantitative estimate of drug-likeness (QED) is 0.0706. The molecule has 43 heavy (non-hydrogen) atoms. The minimum absolute atomic E-state index is 0.203. The van der Waals surface area contributed by atoms with E-state index >= 15 is 0 Å². The molecule has 0 aliphatic rings. The van der Waals surface area contributed by atoms with Gasteiger partial charge in [-0.1, -0.05) is 0 Å². The molecule has 0 saturated carbocycles. The fraction of sp³-hybridized carbons (Fsp3) is 0.765. The molecule has 0 heterocycles. The number of esters is 2. The normalized spacial score (nSPS) is 14.0. The molecule has 0 amide bonds. The van der Waals surface area contributed by atoms with Crippen LogP contribution in [0.25, 0.3) is 0 Å². The van der Waals surface area contributed by atoms with Crippen molar-refractivity contribution in [2.24, 2.45) is 22.7 Å². The van der Waals surface area contributed by atoms with E-state index < -0.39 is 43.1 Å². The van der Waals surface area contributed by atoms with Crippen LogP contribution >= 0.6 is 0 Å². The molecule has 0 spiro atoms. The summed E-state index contributed by atoms with van der Waals surface area (Å²) in [6, 6.07) is 0. The van der Waals surface area contributed by atoms with Gasteiger partial charge in [-0.15, -0.1) is 0 Å². The first-order valence-electron chi connectivity index (χ1n) is 16.1. The molecule has 248 valence electrons. The van der Waals surface area contributed by atoms with Crippen molar-refractivity contribution < 1.29 is 34.8 Å². The molecule has 0 N–H and O–H groups in total. The summed E-state index contributed by atoms with van der Waals surface area (Å²) in [4.78, 5) is 49.9. The number of ether oxygens (including phenoxy) is 2. The third kappa shape index (κ3) is 23.2. The summed E-state index contributed by atoms with van der Waals surface area (Å²) >= 11 is -4.27. The molecule has 0 radical (unpaired) electrons. The maximum atomic E-state index is 12.8. The number of rotatable bonds is 20. The summed E-state index contributed by atoms with van der Waals surface area (Å²) < 4.78 is 23.3. The van der Waals surface area contributed by atoms with Crippen LogP contribution in [0.15, 0.2) is 24.3 Å². The Kier molecular flexibility index (Phi) is 20.1. The van der Waals surface area contributed by atoms with E-state index in [1.54, 1.807) is 0 Å². The van der Waals surface area contributed by atoms with E-state index in [-0.39, 0.29) is 24.0 Å². The first-order valence-corrected chi connectivity index (χ1v) is 22.4. The number of carbonyl (C=O) groups excluding carboxylic acids is 4. The third-order valence-electron chi connectivity index (χ3n) is 6.74. The summed E-state index contributed by atoms with van der Waals surface area (Å²) in [6.07, 6.45) is 10.9. The Bertz CT molecular complexity index is 836. The Morgan fingerprint density at radius 1 is 0.605 bits per heavy atom. The first-order chi connectivity index (χ1) is 19.9. The van der Waals surface area contributed by atoms with Crippen LogP contribution < -0.4 is 0 Å². The molecule has 0 aromatic carbocycles. The van der Waals surface area contributed by atoms with Crippen molar-refractivity contribution in [3.05, 3.63) is 24.3 Å². The van der Waals surface area contributed by atoms with Crippen LogP contribution in [0.2, 0.25) is 8.87 Å². The predicted octanol–water partition coefficient (Wildman–Crippen LogP) is 8.24. The van der Waals surface area contributed by atoms with Crippen molar-refractivity contribution in [1.82, 2.24) is 0 Å². The molecule has 9 heteroatoms. The summed E-state index contributed by atoms with van der Waals surface area (Å²) in [7, 11) is 0. The fourth-order valence-corrected chi connectivity index (χ4v) is 14.6. The van der Waals surface area contributed by atoms with Crippen LogP contribution in [-0.2, 0) is 34.8 Å². The Balaban J connectivity index is 5.19. The van der Waals surface area contributed by atoms with Gasteiger partial charge in [0.15, 0.2) is 0 Å². The maximum absolute atomic E-state index is 12.8. The Hall–Kier alpha value is -1.84. The molecular formula is C34H60O8Sn. The summed E-state index contributed by atoms with van der Waals surface area (Å²) in [5.41, 5.74) is 0.405. The van der Waals surface area contributed by atoms with Crippen LogP contribution in [-0.4, -0.2) is 56.3 Å². The van der Waals surface area contributed by atoms with E-state index in [0.717, 1.165) is 75.7 Å². The van der Waals surface area contributed by atoms with E-state index in [1.807, 2.05) is 13.8 Å². The number of unbranched alkanes of at least 4 members (excludes halogenated alkanes) is 2. The van der Waals surface area contributed by atoms with Gasteiger partial charge in [-0.05, 0) is 0 Å². The minimum atomic E-state index is -4.27. The first kappa shape index (κ1) is 41.2. The second-order valence-corrected chi connectivity index (χ2v) is 23.5. The fourth-order valence-electron chi connectivity index (χ4n) is 5.06. The van der Waals surface area contributed by atoms with Crippen molar-refractivity contribution in [1.29, 1.82) is 0 Å². The monoisotopic (exact) mass is 716 g/mol. The molecule has 0 fully saturated rings. The van der Waals surface area contributed by atoms with Gasteiger partial charge in [0.25, 0.3) is 0 Å². The number of hydrogen-bond acceptors (Lipinski definition) is 8. The Morgan fingerprint density at radius 3 is 1.23 bits per heavy atom. The van der Waals surface area contributed by atoms with E-state index in [1.165, 1.54) is 0 Å². The average Bonchev–Trinajstić information content (AvgIpc) is 2.86. The standard InChI is InChI=1S/2C13H22O4.2C4H9.Sn/c2*1-10(9-13(2,3)4)7-8-17-12(16)6-5-11(14)15;2*1-3-4-2;/h2*5-6,10H,7-9H2,1-4H3,(H,14,15);2*1,3-4H2,2H3;/q;;;;+2/p-2/b2*6-5+;;;/t2*10-;;;/m11.../s1. The van der Waals surface area contributed by atoms with Gasteiger partial charge in [-0.3, -0.25) is 0 Å². The van der Waals surface area contributed by atoms with Crippen molar-refractivity contribution in [3.63, 3.8) is 0 Å². The van der Waals surface area contributed by atoms with Gasteiger partial charge in [0, 0.05) is 0 Å². The Morgan fingerprint density at radius 2 is 0.930 bits per heavy atom.